The number of aromatic nitrogens is 1. The molecule has 2 heterocycles. The van der Waals surface area contributed by atoms with Gasteiger partial charge in [0.15, 0.2) is 0 Å². The van der Waals surface area contributed by atoms with E-state index in [1.54, 1.807) is 0 Å². The predicted octanol–water partition coefficient (Wildman–Crippen LogP) is 1.76. The molecule has 1 saturated heterocycles. The van der Waals surface area contributed by atoms with Crippen molar-refractivity contribution in [3.63, 3.8) is 0 Å². The number of nitrogens with zero attached hydrogens (tertiary/aromatic N) is 1. The SMILES string of the molecule is Cn1c(C(=O)NCC2CNCC2O)ccc1-c1ccc(Br)cc1. The summed E-state index contributed by atoms with van der Waals surface area (Å²) in [4.78, 5) is 12.4. The molecule has 0 radical (unpaired) electrons. The molecule has 1 aromatic heterocycles. The predicted molar refractivity (Wildman–Crippen MR) is 93.2 cm³/mol. The first-order valence-electron chi connectivity index (χ1n) is 7.65. The number of halogens is 1. The lowest BCUT2D eigenvalue weighted by atomic mass is 10.1. The molecule has 5 nitrogen and oxygen atoms in total. The number of nitrogens with one attached hydrogen (secondary N) is 2. The molecule has 0 aliphatic carbocycles. The number of carbonyl (C=O) groups is 1. The molecular weight excluding hydrogens is 358 g/mol. The fourth-order valence-electron chi connectivity index (χ4n) is 2.89. The third-order valence-corrected chi connectivity index (χ3v) is 4.85. The molecule has 2 atom stereocenters. The fourth-order valence-corrected chi connectivity index (χ4v) is 3.16. The minimum atomic E-state index is -0.387. The Kier molecular flexibility index (Phi) is 4.84. The van der Waals surface area contributed by atoms with Gasteiger partial charge < -0.3 is 20.3 Å². The van der Waals surface area contributed by atoms with Gasteiger partial charge in [0.2, 0.25) is 0 Å². The van der Waals surface area contributed by atoms with Gasteiger partial charge in [0, 0.05) is 42.8 Å². The zero-order chi connectivity index (χ0) is 16.4. The van der Waals surface area contributed by atoms with Crippen molar-refractivity contribution in [2.75, 3.05) is 19.6 Å². The molecule has 1 amide bonds. The Balaban J connectivity index is 1.71. The molecule has 1 aliphatic rings. The molecule has 0 spiro atoms. The topological polar surface area (TPSA) is 66.3 Å². The van der Waals surface area contributed by atoms with E-state index in [1.807, 2.05) is 48.0 Å². The van der Waals surface area contributed by atoms with Gasteiger partial charge in [-0.15, -0.1) is 0 Å². The molecule has 23 heavy (non-hydrogen) atoms. The Labute approximate surface area is 143 Å². The monoisotopic (exact) mass is 377 g/mol. The lowest BCUT2D eigenvalue weighted by Crippen LogP contribution is -2.35. The van der Waals surface area contributed by atoms with E-state index in [9.17, 15) is 9.90 Å². The number of aliphatic hydroxyl groups is 1. The summed E-state index contributed by atoms with van der Waals surface area (Å²) in [6.45, 7) is 1.81. The van der Waals surface area contributed by atoms with Gasteiger partial charge in [-0.05, 0) is 29.8 Å². The molecule has 1 aliphatic heterocycles. The number of amides is 1. The highest BCUT2D eigenvalue weighted by Crippen LogP contribution is 2.23. The average Bonchev–Trinajstić information content (AvgIpc) is 3.12. The Morgan fingerprint density at radius 1 is 1.30 bits per heavy atom. The summed E-state index contributed by atoms with van der Waals surface area (Å²) in [5.74, 6) is -0.0416. The van der Waals surface area contributed by atoms with Gasteiger partial charge in [0.1, 0.15) is 5.69 Å². The number of benzene rings is 1. The molecule has 1 fully saturated rings. The van der Waals surface area contributed by atoms with Gasteiger partial charge in [0.05, 0.1) is 6.10 Å². The van der Waals surface area contributed by atoms with E-state index in [0.717, 1.165) is 22.3 Å². The zero-order valence-corrected chi connectivity index (χ0v) is 14.5. The quantitative estimate of drug-likeness (QED) is 0.760. The minimum absolute atomic E-state index is 0.0742. The number of β-amino-alcohol motifs (C(OH)–C–C–N with tert-alkyl or cyclic N) is 1. The lowest BCUT2D eigenvalue weighted by Gasteiger charge is -2.14. The van der Waals surface area contributed by atoms with Crippen LogP contribution < -0.4 is 10.6 Å². The highest BCUT2D eigenvalue weighted by Gasteiger charge is 2.25. The lowest BCUT2D eigenvalue weighted by molar-refractivity contribution is 0.0919. The van der Waals surface area contributed by atoms with Gasteiger partial charge >= 0.3 is 0 Å². The fraction of sp³-hybridized carbons (Fsp3) is 0.353. The van der Waals surface area contributed by atoms with Gasteiger partial charge in [-0.2, -0.15) is 0 Å². The van der Waals surface area contributed by atoms with Crippen molar-refractivity contribution in [2.45, 2.75) is 6.10 Å². The second kappa shape index (κ2) is 6.86. The maximum atomic E-state index is 12.4. The number of hydrogen-bond acceptors (Lipinski definition) is 3. The number of carbonyl (C=O) groups excluding carboxylic acids is 1. The van der Waals surface area contributed by atoms with E-state index in [4.69, 9.17) is 0 Å². The molecule has 0 bridgehead atoms. The summed E-state index contributed by atoms with van der Waals surface area (Å²) in [5, 5.41) is 15.8. The Morgan fingerprint density at radius 2 is 2.04 bits per heavy atom. The Bertz CT molecular complexity index is 696. The summed E-state index contributed by atoms with van der Waals surface area (Å²) in [7, 11) is 1.89. The largest absolute Gasteiger partial charge is 0.391 e. The normalized spacial score (nSPS) is 20.7. The van der Waals surface area contributed by atoms with Crippen LogP contribution in [0.2, 0.25) is 0 Å². The summed E-state index contributed by atoms with van der Waals surface area (Å²) in [5.41, 5.74) is 2.67. The van der Waals surface area contributed by atoms with E-state index in [2.05, 4.69) is 26.6 Å². The van der Waals surface area contributed by atoms with Crippen molar-refractivity contribution in [1.82, 2.24) is 15.2 Å². The van der Waals surface area contributed by atoms with Crippen LogP contribution in [-0.2, 0) is 7.05 Å². The first kappa shape index (κ1) is 16.2. The highest BCUT2D eigenvalue weighted by atomic mass is 79.9. The van der Waals surface area contributed by atoms with Gasteiger partial charge in [0.25, 0.3) is 5.91 Å². The van der Waals surface area contributed by atoms with Gasteiger partial charge in [-0.1, -0.05) is 28.1 Å². The molecule has 6 heteroatoms. The smallest absolute Gasteiger partial charge is 0.267 e. The third kappa shape index (κ3) is 3.49. The van der Waals surface area contributed by atoms with E-state index in [1.165, 1.54) is 0 Å². The molecule has 1 aromatic carbocycles. The number of rotatable bonds is 4. The van der Waals surface area contributed by atoms with Crippen LogP contribution in [0.4, 0.5) is 0 Å². The van der Waals surface area contributed by atoms with Crippen molar-refractivity contribution < 1.29 is 9.90 Å². The average molecular weight is 378 g/mol. The maximum absolute atomic E-state index is 12.4. The highest BCUT2D eigenvalue weighted by molar-refractivity contribution is 9.10. The van der Waals surface area contributed by atoms with Crippen molar-refractivity contribution in [2.24, 2.45) is 13.0 Å². The maximum Gasteiger partial charge on any atom is 0.267 e. The molecule has 3 rings (SSSR count). The minimum Gasteiger partial charge on any atom is -0.391 e. The van der Waals surface area contributed by atoms with E-state index >= 15 is 0 Å². The van der Waals surface area contributed by atoms with Gasteiger partial charge in [-0.25, -0.2) is 0 Å². The third-order valence-electron chi connectivity index (χ3n) is 4.32. The van der Waals surface area contributed by atoms with Crippen LogP contribution in [0, 0.1) is 5.92 Å². The van der Waals surface area contributed by atoms with Crippen molar-refractivity contribution in [3.05, 3.63) is 46.6 Å². The first-order chi connectivity index (χ1) is 11.1. The van der Waals surface area contributed by atoms with E-state index in [-0.39, 0.29) is 17.9 Å². The molecule has 122 valence electrons. The first-order valence-corrected chi connectivity index (χ1v) is 8.44. The van der Waals surface area contributed by atoms with Crippen molar-refractivity contribution in [1.29, 1.82) is 0 Å². The summed E-state index contributed by atoms with van der Waals surface area (Å²) in [6, 6.07) is 11.8. The second-order valence-electron chi connectivity index (χ2n) is 5.87. The van der Waals surface area contributed by atoms with Crippen LogP contribution in [0.3, 0.4) is 0 Å². The zero-order valence-electron chi connectivity index (χ0n) is 12.9. The molecule has 2 unspecified atom stereocenters. The number of aliphatic hydroxyl groups excluding tert-OH is 1. The Hall–Kier alpha value is -1.63. The molecule has 3 N–H and O–H groups in total. The van der Waals surface area contributed by atoms with Crippen molar-refractivity contribution >= 4 is 21.8 Å². The molecular formula is C17H20BrN3O2. The number of hydrogen-bond donors (Lipinski definition) is 3. The summed E-state index contributed by atoms with van der Waals surface area (Å²) < 4.78 is 2.92. The van der Waals surface area contributed by atoms with Crippen LogP contribution in [0.1, 0.15) is 10.5 Å². The van der Waals surface area contributed by atoms with Crippen LogP contribution >= 0.6 is 15.9 Å². The van der Waals surface area contributed by atoms with Crippen molar-refractivity contribution in [3.8, 4) is 11.3 Å². The second-order valence-corrected chi connectivity index (χ2v) is 6.78. The van der Waals surface area contributed by atoms with Crippen LogP contribution in [-0.4, -0.2) is 41.3 Å². The summed E-state index contributed by atoms with van der Waals surface area (Å²) in [6.07, 6.45) is -0.387. The van der Waals surface area contributed by atoms with E-state index in [0.29, 0.717) is 18.8 Å². The van der Waals surface area contributed by atoms with Crippen LogP contribution in [0.25, 0.3) is 11.3 Å². The molecule has 2 aromatic rings. The van der Waals surface area contributed by atoms with Crippen LogP contribution in [0.5, 0.6) is 0 Å². The molecule has 0 saturated carbocycles. The summed E-state index contributed by atoms with van der Waals surface area (Å²) >= 11 is 3.43. The standard InChI is InChI=1S/C17H20BrN3O2/c1-21-14(11-2-4-13(18)5-3-11)6-7-15(21)17(23)20-9-12-8-19-10-16(12)22/h2-7,12,16,19,22H,8-10H2,1H3,(H,20,23). The Morgan fingerprint density at radius 3 is 2.70 bits per heavy atom. The van der Waals surface area contributed by atoms with E-state index < -0.39 is 0 Å². The van der Waals surface area contributed by atoms with Gasteiger partial charge in [-0.3, -0.25) is 4.79 Å². The van der Waals surface area contributed by atoms with Crippen LogP contribution in [0.15, 0.2) is 40.9 Å².